The molecule has 32 heavy (non-hydrogen) atoms. The van der Waals surface area contributed by atoms with Crippen molar-refractivity contribution < 1.29 is 18.0 Å². The second-order valence-electron chi connectivity index (χ2n) is 8.41. The third-order valence-electron chi connectivity index (χ3n) is 6.15. The maximum Gasteiger partial charge on any atom is 0.414 e. The van der Waals surface area contributed by atoms with E-state index in [2.05, 4.69) is 10.3 Å². The van der Waals surface area contributed by atoms with Crippen molar-refractivity contribution >= 4 is 35.0 Å². The monoisotopic (exact) mass is 483 g/mol. The summed E-state index contributed by atoms with van der Waals surface area (Å²) in [6.45, 7) is 0. The van der Waals surface area contributed by atoms with Gasteiger partial charge < -0.3 is 10.2 Å². The number of anilines is 1. The molecule has 1 unspecified atom stereocenters. The predicted molar refractivity (Wildman–Crippen MR) is 122 cm³/mol. The molecule has 1 aromatic heterocycles. The number of amides is 1. The highest BCUT2D eigenvalue weighted by molar-refractivity contribution is 7.99. The summed E-state index contributed by atoms with van der Waals surface area (Å²) >= 11 is 7.79. The first-order valence-electron chi connectivity index (χ1n) is 10.6. The lowest BCUT2D eigenvalue weighted by Crippen LogP contribution is -2.43. The number of fused-ring (bicyclic) bond motifs is 1. The average molecular weight is 484 g/mol. The second-order valence-corrected chi connectivity index (χ2v) is 10.1. The Morgan fingerprint density at radius 2 is 1.91 bits per heavy atom. The first-order chi connectivity index (χ1) is 15.2. The molecule has 2 aromatic rings. The van der Waals surface area contributed by atoms with Gasteiger partial charge in [0.05, 0.1) is 17.6 Å². The molecule has 2 heterocycles. The number of pyridine rings is 1. The third-order valence-corrected chi connectivity index (χ3v) is 7.44. The highest BCUT2D eigenvalue weighted by Crippen LogP contribution is 2.38. The van der Waals surface area contributed by atoms with Gasteiger partial charge in [-0.2, -0.15) is 24.9 Å². The number of nitrogens with one attached hydrogen (secondary N) is 1. The average Bonchev–Trinajstić information content (AvgIpc) is 3.15. The van der Waals surface area contributed by atoms with Crippen LogP contribution in [-0.2, 0) is 17.6 Å². The minimum Gasteiger partial charge on any atom is -0.380 e. The highest BCUT2D eigenvalue weighted by Gasteiger charge is 2.47. The summed E-state index contributed by atoms with van der Waals surface area (Å²) in [6, 6.07) is 6.85. The summed E-state index contributed by atoms with van der Waals surface area (Å²) in [5, 5.41) is 4.04. The minimum absolute atomic E-state index is 0.128. The summed E-state index contributed by atoms with van der Waals surface area (Å²) in [4.78, 5) is 17.7. The zero-order valence-electron chi connectivity index (χ0n) is 17.7. The van der Waals surface area contributed by atoms with Crippen LogP contribution < -0.4 is 5.32 Å². The smallest absolute Gasteiger partial charge is 0.380 e. The van der Waals surface area contributed by atoms with E-state index in [1.54, 1.807) is 17.8 Å². The molecule has 1 aliphatic heterocycles. The van der Waals surface area contributed by atoms with E-state index in [0.29, 0.717) is 23.6 Å². The molecule has 4 rings (SSSR count). The van der Waals surface area contributed by atoms with Crippen LogP contribution in [0, 0.1) is 5.92 Å². The number of alkyl halides is 3. The van der Waals surface area contributed by atoms with Crippen LogP contribution in [0.25, 0.3) is 0 Å². The van der Waals surface area contributed by atoms with Crippen molar-refractivity contribution in [2.45, 2.75) is 43.9 Å². The lowest BCUT2D eigenvalue weighted by molar-refractivity contribution is -0.191. The van der Waals surface area contributed by atoms with Gasteiger partial charge in [-0.05, 0) is 72.6 Å². The Kier molecular flexibility index (Phi) is 6.91. The Labute approximate surface area is 194 Å². The summed E-state index contributed by atoms with van der Waals surface area (Å²) in [5.41, 5.74) is 2.87. The van der Waals surface area contributed by atoms with Crippen molar-refractivity contribution in [3.8, 4) is 0 Å². The van der Waals surface area contributed by atoms with Gasteiger partial charge in [-0.1, -0.05) is 17.7 Å². The molecule has 1 fully saturated rings. The van der Waals surface area contributed by atoms with Crippen LogP contribution in [0.15, 0.2) is 36.5 Å². The van der Waals surface area contributed by atoms with E-state index in [1.165, 1.54) is 30.4 Å². The summed E-state index contributed by atoms with van der Waals surface area (Å²) in [7, 11) is 1.23. The van der Waals surface area contributed by atoms with E-state index in [1.807, 2.05) is 18.2 Å². The van der Waals surface area contributed by atoms with Crippen LogP contribution in [0.3, 0.4) is 0 Å². The van der Waals surface area contributed by atoms with E-state index >= 15 is 0 Å². The van der Waals surface area contributed by atoms with E-state index in [-0.39, 0.29) is 17.7 Å². The van der Waals surface area contributed by atoms with Crippen molar-refractivity contribution in [2.24, 2.45) is 5.92 Å². The zero-order chi connectivity index (χ0) is 22.9. The molecule has 2 aliphatic rings. The van der Waals surface area contributed by atoms with Crippen LogP contribution in [0.1, 0.15) is 35.7 Å². The first kappa shape index (κ1) is 23.2. The largest absolute Gasteiger partial charge is 0.414 e. The van der Waals surface area contributed by atoms with Crippen molar-refractivity contribution in [3.05, 3.63) is 58.4 Å². The fraction of sp³-hybridized carbons (Fsp3) is 0.478. The number of aromatic nitrogens is 1. The number of thioether (sulfide) groups is 1. The normalized spacial score (nSPS) is 20.0. The number of rotatable bonds is 5. The van der Waals surface area contributed by atoms with Gasteiger partial charge in [0.2, 0.25) is 5.91 Å². The highest BCUT2D eigenvalue weighted by atomic mass is 35.5. The third kappa shape index (κ3) is 5.17. The molecule has 1 aliphatic carbocycles. The Balaban J connectivity index is 1.46. The molecule has 1 saturated heterocycles. The maximum atomic E-state index is 13.9. The van der Waals surface area contributed by atoms with Crippen LogP contribution in [-0.4, -0.2) is 46.6 Å². The fourth-order valence-corrected chi connectivity index (χ4v) is 5.82. The van der Waals surface area contributed by atoms with E-state index in [9.17, 15) is 18.0 Å². The molecule has 172 valence electrons. The number of hydrogen-bond acceptors (Lipinski definition) is 4. The van der Waals surface area contributed by atoms with Crippen LogP contribution in [0.2, 0.25) is 5.02 Å². The Morgan fingerprint density at radius 1 is 1.19 bits per heavy atom. The summed E-state index contributed by atoms with van der Waals surface area (Å²) in [6.07, 6.45) is -0.356. The van der Waals surface area contributed by atoms with Gasteiger partial charge in [0.1, 0.15) is 0 Å². The molecular formula is C23H25ClF3N3OS. The Bertz CT molecular complexity index is 964. The van der Waals surface area contributed by atoms with Crippen molar-refractivity contribution in [1.82, 2.24) is 9.88 Å². The molecule has 1 amide bonds. The first-order valence-corrected chi connectivity index (χ1v) is 12.2. The van der Waals surface area contributed by atoms with Crippen molar-refractivity contribution in [2.75, 3.05) is 23.9 Å². The van der Waals surface area contributed by atoms with Gasteiger partial charge >= 0.3 is 6.18 Å². The fourth-order valence-electron chi connectivity index (χ4n) is 4.52. The molecule has 0 radical (unpaired) electrons. The molecule has 9 heteroatoms. The minimum atomic E-state index is -4.61. The van der Waals surface area contributed by atoms with E-state index in [4.69, 9.17) is 11.6 Å². The standard InChI is InChI=1S/C23H25ClF3N3OS/c1-30(22(31)14-6-8-32-9-7-14)21(23(25,26)27)20-5-4-18(13-28-20)29-19-11-15-2-3-17(24)10-16(15)12-19/h2-5,10,13-14,19,21,29H,6-9,11-12H2,1H3/t19?,21-/m0/s1. The van der Waals surface area contributed by atoms with Gasteiger partial charge in [-0.15, -0.1) is 0 Å². The van der Waals surface area contributed by atoms with Gasteiger partial charge in [-0.25, -0.2) is 0 Å². The van der Waals surface area contributed by atoms with Crippen LogP contribution >= 0.6 is 23.4 Å². The topological polar surface area (TPSA) is 45.2 Å². The summed E-state index contributed by atoms with van der Waals surface area (Å²) in [5.74, 6) is 0.789. The number of halogens is 4. The zero-order valence-corrected chi connectivity index (χ0v) is 19.2. The number of nitrogens with zero attached hydrogens (tertiary/aromatic N) is 2. The van der Waals surface area contributed by atoms with E-state index < -0.39 is 18.1 Å². The molecular weight excluding hydrogens is 459 g/mol. The molecule has 2 atom stereocenters. The van der Waals surface area contributed by atoms with Gasteiger partial charge in [-0.3, -0.25) is 9.78 Å². The number of carbonyl (C=O) groups excluding carboxylic acids is 1. The summed E-state index contributed by atoms with van der Waals surface area (Å²) < 4.78 is 41.8. The van der Waals surface area contributed by atoms with E-state index in [0.717, 1.165) is 29.2 Å². The van der Waals surface area contributed by atoms with Crippen molar-refractivity contribution in [3.63, 3.8) is 0 Å². The molecule has 1 N–H and O–H groups in total. The lowest BCUT2D eigenvalue weighted by atomic mass is 9.99. The SMILES string of the molecule is CN(C(=O)C1CCSCC1)[C@@H](c1ccc(NC2Cc3ccc(Cl)cc3C2)cn1)C(F)(F)F. The molecule has 4 nitrogen and oxygen atoms in total. The maximum absolute atomic E-state index is 13.9. The molecule has 0 saturated carbocycles. The quantitative estimate of drug-likeness (QED) is 0.608. The van der Waals surface area contributed by atoms with Crippen molar-refractivity contribution in [1.29, 1.82) is 0 Å². The van der Waals surface area contributed by atoms with Gasteiger partial charge in [0.15, 0.2) is 6.04 Å². The van der Waals surface area contributed by atoms with Crippen LogP contribution in [0.5, 0.6) is 0 Å². The number of carbonyl (C=O) groups is 1. The van der Waals surface area contributed by atoms with Gasteiger partial charge in [0.25, 0.3) is 0 Å². The molecule has 1 aromatic carbocycles. The lowest BCUT2D eigenvalue weighted by Gasteiger charge is -2.33. The molecule has 0 spiro atoms. The number of benzene rings is 1. The van der Waals surface area contributed by atoms with Gasteiger partial charge in [0, 0.05) is 24.0 Å². The Hall–Kier alpha value is -1.93. The van der Waals surface area contributed by atoms with Crippen LogP contribution in [0.4, 0.5) is 18.9 Å². The number of hydrogen-bond donors (Lipinski definition) is 1. The molecule has 0 bridgehead atoms. The second kappa shape index (κ2) is 9.51. The predicted octanol–water partition coefficient (Wildman–Crippen LogP) is 5.52. The Morgan fingerprint density at radius 3 is 2.56 bits per heavy atom.